The van der Waals surface area contributed by atoms with Gasteiger partial charge in [-0.3, -0.25) is 10.1 Å². The molecule has 2 aromatic carbocycles. The van der Waals surface area contributed by atoms with Crippen molar-refractivity contribution in [2.45, 2.75) is 37.6 Å². The predicted octanol–water partition coefficient (Wildman–Crippen LogP) is 3.60. The van der Waals surface area contributed by atoms with Crippen LogP contribution in [0.3, 0.4) is 0 Å². The van der Waals surface area contributed by atoms with Gasteiger partial charge in [0.2, 0.25) is 10.0 Å². The van der Waals surface area contributed by atoms with E-state index in [2.05, 4.69) is 10.0 Å². The molecule has 28 heavy (non-hydrogen) atoms. The Morgan fingerprint density at radius 1 is 1.18 bits per heavy atom. The summed E-state index contributed by atoms with van der Waals surface area (Å²) < 4.78 is 27.5. The van der Waals surface area contributed by atoms with Crippen molar-refractivity contribution in [2.75, 3.05) is 11.9 Å². The first-order valence-corrected chi connectivity index (χ1v) is 10.3. The molecule has 0 fully saturated rings. The van der Waals surface area contributed by atoms with E-state index in [1.165, 1.54) is 6.07 Å². The number of anilines is 2. The minimum atomic E-state index is -4.04. The van der Waals surface area contributed by atoms with Gasteiger partial charge in [0.25, 0.3) is 5.69 Å². The fourth-order valence-corrected chi connectivity index (χ4v) is 4.46. The third-order valence-corrected chi connectivity index (χ3v) is 5.83. The van der Waals surface area contributed by atoms with Gasteiger partial charge in [-0.15, -0.1) is 0 Å². The van der Waals surface area contributed by atoms with Crippen LogP contribution in [0.4, 0.5) is 17.1 Å². The third-order valence-electron chi connectivity index (χ3n) is 3.61. The van der Waals surface area contributed by atoms with Crippen molar-refractivity contribution >= 4 is 38.7 Å². The summed E-state index contributed by atoms with van der Waals surface area (Å²) in [4.78, 5) is 10.5. The normalized spacial score (nSPS) is 12.0. The molecular formula is C18H22ClN3O5S. The van der Waals surface area contributed by atoms with Crippen molar-refractivity contribution in [3.8, 4) is 0 Å². The summed E-state index contributed by atoms with van der Waals surface area (Å²) in [6.45, 7) is 4.99. The van der Waals surface area contributed by atoms with E-state index in [1.54, 1.807) is 45.0 Å². The smallest absolute Gasteiger partial charge is 0.294 e. The van der Waals surface area contributed by atoms with Crippen molar-refractivity contribution in [1.82, 2.24) is 4.72 Å². The van der Waals surface area contributed by atoms with Gasteiger partial charge in [-0.25, -0.2) is 13.1 Å². The lowest BCUT2D eigenvalue weighted by molar-refractivity contribution is -0.384. The van der Waals surface area contributed by atoms with Gasteiger partial charge in [-0.05, 0) is 51.0 Å². The first kappa shape index (κ1) is 22.1. The zero-order valence-electron chi connectivity index (χ0n) is 15.7. The van der Waals surface area contributed by atoms with Crippen LogP contribution in [0.1, 0.15) is 26.3 Å². The van der Waals surface area contributed by atoms with Crippen molar-refractivity contribution in [3.05, 3.63) is 57.1 Å². The highest BCUT2D eigenvalue weighted by Crippen LogP contribution is 2.35. The second-order valence-corrected chi connectivity index (χ2v) is 9.27. The number of nitrogens with one attached hydrogen (secondary N) is 2. The summed E-state index contributed by atoms with van der Waals surface area (Å²) in [5.41, 5.74) is 0.349. The summed E-state index contributed by atoms with van der Waals surface area (Å²) in [5.74, 6) is 0. The Labute approximate surface area is 168 Å². The molecule has 0 atom stereocenters. The summed E-state index contributed by atoms with van der Waals surface area (Å²) >= 11 is 6.14. The minimum Gasteiger partial charge on any atom is -0.396 e. The molecular weight excluding hydrogens is 406 g/mol. The van der Waals surface area contributed by atoms with E-state index in [-0.39, 0.29) is 22.2 Å². The topological polar surface area (TPSA) is 122 Å². The molecule has 152 valence electrons. The molecule has 0 spiro atoms. The highest BCUT2D eigenvalue weighted by molar-refractivity contribution is 7.89. The van der Waals surface area contributed by atoms with Gasteiger partial charge in [0.1, 0.15) is 10.6 Å². The minimum absolute atomic E-state index is 0.0202. The van der Waals surface area contributed by atoms with Gasteiger partial charge in [-0.2, -0.15) is 0 Å². The maximum Gasteiger partial charge on any atom is 0.294 e. The van der Waals surface area contributed by atoms with Crippen molar-refractivity contribution in [3.63, 3.8) is 0 Å². The molecule has 0 saturated heterocycles. The summed E-state index contributed by atoms with van der Waals surface area (Å²) in [7, 11) is -4.04. The van der Waals surface area contributed by atoms with Gasteiger partial charge in [0, 0.05) is 23.9 Å². The summed E-state index contributed by atoms with van der Waals surface area (Å²) in [5, 5.41) is 23.2. The fourth-order valence-electron chi connectivity index (χ4n) is 2.50. The molecule has 0 amide bonds. The van der Waals surface area contributed by atoms with Crippen LogP contribution in [-0.4, -0.2) is 30.6 Å². The lowest BCUT2D eigenvalue weighted by Crippen LogP contribution is -2.40. The number of nitrogens with zero attached hydrogens (tertiary/aromatic N) is 1. The molecule has 0 saturated carbocycles. The van der Waals surface area contributed by atoms with Gasteiger partial charge in [0.05, 0.1) is 9.95 Å². The number of nitro groups is 1. The Morgan fingerprint density at radius 3 is 2.29 bits per heavy atom. The monoisotopic (exact) mass is 427 g/mol. The number of hydrogen-bond acceptors (Lipinski definition) is 6. The summed E-state index contributed by atoms with van der Waals surface area (Å²) in [6, 6.07) is 9.12. The van der Waals surface area contributed by atoms with Gasteiger partial charge in [0.15, 0.2) is 0 Å². The van der Waals surface area contributed by atoms with Gasteiger partial charge in [-0.1, -0.05) is 23.7 Å². The van der Waals surface area contributed by atoms with Crippen molar-refractivity contribution in [1.29, 1.82) is 0 Å². The number of halogens is 1. The van der Waals surface area contributed by atoms with Gasteiger partial charge < -0.3 is 10.4 Å². The van der Waals surface area contributed by atoms with Crippen LogP contribution >= 0.6 is 11.6 Å². The molecule has 0 radical (unpaired) electrons. The first-order chi connectivity index (χ1) is 12.9. The van der Waals surface area contributed by atoms with E-state index < -0.39 is 26.2 Å². The highest BCUT2D eigenvalue weighted by Gasteiger charge is 2.28. The number of hydrogen-bond donors (Lipinski definition) is 3. The van der Waals surface area contributed by atoms with Crippen LogP contribution in [-0.2, 0) is 16.4 Å². The number of sulfonamides is 1. The first-order valence-electron chi connectivity index (χ1n) is 8.42. The molecule has 0 bridgehead atoms. The predicted molar refractivity (Wildman–Crippen MR) is 109 cm³/mol. The Hall–Kier alpha value is -2.20. The molecule has 8 nitrogen and oxygen atoms in total. The van der Waals surface area contributed by atoms with Crippen molar-refractivity contribution in [2.24, 2.45) is 0 Å². The number of benzene rings is 2. The molecule has 3 N–H and O–H groups in total. The SMILES string of the molecule is CC(C)(C)NS(=O)(=O)c1cc([N+](=O)[O-])c(Nc2ccc(CCO)cc2)cc1Cl. The largest absolute Gasteiger partial charge is 0.396 e. The zero-order chi connectivity index (χ0) is 21.1. The average Bonchev–Trinajstić information content (AvgIpc) is 2.54. The maximum absolute atomic E-state index is 12.6. The van der Waals surface area contributed by atoms with Crippen LogP contribution in [0.25, 0.3) is 0 Å². The number of aliphatic hydroxyl groups is 1. The lowest BCUT2D eigenvalue weighted by Gasteiger charge is -2.21. The van der Waals surface area contributed by atoms with E-state index >= 15 is 0 Å². The highest BCUT2D eigenvalue weighted by atomic mass is 35.5. The van der Waals surface area contributed by atoms with Crippen molar-refractivity contribution < 1.29 is 18.4 Å². The van der Waals surface area contributed by atoms with Crippen LogP contribution < -0.4 is 10.0 Å². The Balaban J connectivity index is 2.44. The Morgan fingerprint density at radius 2 is 1.79 bits per heavy atom. The lowest BCUT2D eigenvalue weighted by atomic mass is 10.1. The molecule has 0 aliphatic carbocycles. The molecule has 2 rings (SSSR count). The van der Waals surface area contributed by atoms with Crippen LogP contribution in [0, 0.1) is 10.1 Å². The number of aliphatic hydroxyl groups excluding tert-OH is 1. The number of nitro benzene ring substituents is 1. The van der Waals surface area contributed by atoms with Gasteiger partial charge >= 0.3 is 0 Å². The Bertz CT molecular complexity index is 970. The van der Waals surface area contributed by atoms with Crippen LogP contribution in [0.15, 0.2) is 41.3 Å². The fraction of sp³-hybridized carbons (Fsp3) is 0.333. The van der Waals surface area contributed by atoms with E-state index in [0.29, 0.717) is 12.1 Å². The molecule has 0 aliphatic heterocycles. The maximum atomic E-state index is 12.6. The van der Waals surface area contributed by atoms with E-state index in [9.17, 15) is 18.5 Å². The second-order valence-electron chi connectivity index (χ2n) is 7.21. The molecule has 0 heterocycles. The molecule has 0 aliphatic rings. The summed E-state index contributed by atoms with van der Waals surface area (Å²) in [6.07, 6.45) is 0.500. The third kappa shape index (κ3) is 5.65. The molecule has 2 aromatic rings. The second kappa shape index (κ2) is 8.44. The molecule has 0 aromatic heterocycles. The molecule has 10 heteroatoms. The quantitative estimate of drug-likeness (QED) is 0.458. The van der Waals surface area contributed by atoms with Crippen LogP contribution in [0.5, 0.6) is 0 Å². The Kier molecular flexibility index (Phi) is 6.66. The van der Waals surface area contributed by atoms with E-state index in [0.717, 1.165) is 11.6 Å². The average molecular weight is 428 g/mol. The standard InChI is InChI=1S/C18H22ClN3O5S/c1-18(2,3)21-28(26,27)17-11-16(22(24)25)15(10-14(17)19)20-13-6-4-12(5-7-13)8-9-23/h4-7,10-11,20-21,23H,8-9H2,1-3H3. The van der Waals surface area contributed by atoms with E-state index in [1.807, 2.05) is 0 Å². The van der Waals surface area contributed by atoms with E-state index in [4.69, 9.17) is 16.7 Å². The zero-order valence-corrected chi connectivity index (χ0v) is 17.3. The van der Waals surface area contributed by atoms with Crippen LogP contribution in [0.2, 0.25) is 5.02 Å². The number of rotatable bonds is 7. The molecule has 0 unspecified atom stereocenters.